The number of hydrogen-bond donors (Lipinski definition) is 1. The Morgan fingerprint density at radius 1 is 1.41 bits per heavy atom. The van der Waals surface area contributed by atoms with E-state index in [-0.39, 0.29) is 12.0 Å². The zero-order valence-corrected chi connectivity index (χ0v) is 9.50. The van der Waals surface area contributed by atoms with Crippen LogP contribution in [-0.4, -0.2) is 11.7 Å². The smallest absolute Gasteiger partial charge is 0.346 e. The molecule has 0 atom stereocenters. The molecule has 0 fully saturated rings. The van der Waals surface area contributed by atoms with Crippen LogP contribution in [0.2, 0.25) is 0 Å². The summed E-state index contributed by atoms with van der Waals surface area (Å²) in [7, 11) is 0. The summed E-state index contributed by atoms with van der Waals surface area (Å²) in [6.45, 7) is 1.85. The van der Waals surface area contributed by atoms with E-state index in [1.54, 1.807) is 12.1 Å². The number of hydrogen-bond acceptors (Lipinski definition) is 3. The molecule has 0 aliphatic carbocycles. The molecule has 0 bridgehead atoms. The third-order valence-corrected chi connectivity index (χ3v) is 2.73. The van der Waals surface area contributed by atoms with Crippen LogP contribution in [0, 0.1) is 12.7 Å². The van der Waals surface area contributed by atoms with Gasteiger partial charge in [0, 0.05) is 13.0 Å². The molecule has 3 nitrogen and oxygen atoms in total. The Kier molecular flexibility index (Phi) is 3.24. The highest BCUT2D eigenvalue weighted by atomic mass is 19.1. The number of halogens is 1. The first-order valence-corrected chi connectivity index (χ1v) is 5.46. The molecule has 1 aromatic carbocycles. The van der Waals surface area contributed by atoms with Crippen LogP contribution in [0.1, 0.15) is 17.7 Å². The zero-order chi connectivity index (χ0) is 12.4. The number of aryl methyl sites for hydroxylation is 2. The van der Waals surface area contributed by atoms with Gasteiger partial charge in [0.15, 0.2) is 0 Å². The highest BCUT2D eigenvalue weighted by Crippen LogP contribution is 2.20. The second kappa shape index (κ2) is 4.67. The molecular weight excluding hydrogens is 223 g/mol. The van der Waals surface area contributed by atoms with Crippen molar-refractivity contribution in [3.05, 3.63) is 45.8 Å². The molecule has 0 amide bonds. The van der Waals surface area contributed by atoms with Gasteiger partial charge in [-0.15, -0.1) is 0 Å². The van der Waals surface area contributed by atoms with Crippen LogP contribution in [0.25, 0.3) is 10.8 Å². The maximum atomic E-state index is 13.5. The molecule has 0 unspecified atom stereocenters. The monoisotopic (exact) mass is 236 g/mol. The fourth-order valence-electron chi connectivity index (χ4n) is 1.83. The summed E-state index contributed by atoms with van der Waals surface area (Å²) in [6, 6.07) is 4.57. The molecule has 1 heterocycles. The van der Waals surface area contributed by atoms with Crippen molar-refractivity contribution < 1.29 is 13.9 Å². The van der Waals surface area contributed by atoms with Gasteiger partial charge in [-0.25, -0.2) is 9.18 Å². The fraction of sp³-hybridized carbons (Fsp3) is 0.308. The van der Waals surface area contributed by atoms with E-state index in [2.05, 4.69) is 0 Å². The standard InChI is InChI=1S/C13H13FO3/c1-8-4-5-11(14)12-10(8)7-9(3-2-6-15)17-13(12)16/h4-5,7,15H,2-3,6H2,1H3. The Morgan fingerprint density at radius 3 is 2.88 bits per heavy atom. The summed E-state index contributed by atoms with van der Waals surface area (Å²) in [5.41, 5.74) is 0.177. The zero-order valence-electron chi connectivity index (χ0n) is 9.50. The first-order valence-electron chi connectivity index (χ1n) is 5.46. The summed E-state index contributed by atoms with van der Waals surface area (Å²) >= 11 is 0. The summed E-state index contributed by atoms with van der Waals surface area (Å²) in [5, 5.41) is 9.30. The van der Waals surface area contributed by atoms with Crippen LogP contribution < -0.4 is 5.63 Å². The number of aliphatic hydroxyl groups is 1. The highest BCUT2D eigenvalue weighted by molar-refractivity contribution is 5.85. The largest absolute Gasteiger partial charge is 0.427 e. The minimum absolute atomic E-state index is 0.00208. The molecule has 4 heteroatoms. The molecule has 0 spiro atoms. The van der Waals surface area contributed by atoms with Gasteiger partial charge in [-0.05, 0) is 36.4 Å². The molecule has 17 heavy (non-hydrogen) atoms. The predicted molar refractivity (Wildman–Crippen MR) is 62.6 cm³/mol. The van der Waals surface area contributed by atoms with Gasteiger partial charge in [0.2, 0.25) is 0 Å². The van der Waals surface area contributed by atoms with Crippen LogP contribution in [0.3, 0.4) is 0 Å². The van der Waals surface area contributed by atoms with Gasteiger partial charge in [0.25, 0.3) is 0 Å². The molecule has 0 aliphatic rings. The van der Waals surface area contributed by atoms with Crippen molar-refractivity contribution in [3.8, 4) is 0 Å². The lowest BCUT2D eigenvalue weighted by Crippen LogP contribution is -2.05. The summed E-state index contributed by atoms with van der Waals surface area (Å²) in [4.78, 5) is 11.7. The average molecular weight is 236 g/mol. The van der Waals surface area contributed by atoms with Crippen LogP contribution >= 0.6 is 0 Å². The van der Waals surface area contributed by atoms with Crippen molar-refractivity contribution in [1.82, 2.24) is 0 Å². The first kappa shape index (κ1) is 11.8. The predicted octanol–water partition coefficient (Wildman–Crippen LogP) is 2.17. The first-order chi connectivity index (χ1) is 8.13. The lowest BCUT2D eigenvalue weighted by molar-refractivity contribution is 0.283. The van der Waals surface area contributed by atoms with Crippen LogP contribution in [-0.2, 0) is 6.42 Å². The van der Waals surface area contributed by atoms with E-state index in [9.17, 15) is 9.18 Å². The molecule has 1 aromatic heterocycles. The molecule has 90 valence electrons. The molecule has 0 aliphatic heterocycles. The lowest BCUT2D eigenvalue weighted by Gasteiger charge is -2.04. The van der Waals surface area contributed by atoms with E-state index in [4.69, 9.17) is 9.52 Å². The summed E-state index contributed by atoms with van der Waals surface area (Å²) in [5.74, 6) is -0.0849. The fourth-order valence-corrected chi connectivity index (χ4v) is 1.83. The Labute approximate surface area is 97.5 Å². The lowest BCUT2D eigenvalue weighted by atomic mass is 10.1. The maximum absolute atomic E-state index is 13.5. The Morgan fingerprint density at radius 2 is 2.18 bits per heavy atom. The Hall–Kier alpha value is -1.68. The van der Waals surface area contributed by atoms with Gasteiger partial charge in [0.1, 0.15) is 17.0 Å². The Bertz CT molecular complexity index is 601. The topological polar surface area (TPSA) is 50.4 Å². The summed E-state index contributed by atoms with van der Waals surface area (Å²) in [6.07, 6.45) is 0.987. The van der Waals surface area contributed by atoms with E-state index < -0.39 is 11.4 Å². The molecule has 1 N–H and O–H groups in total. The van der Waals surface area contributed by atoms with Crippen molar-refractivity contribution in [2.75, 3.05) is 6.61 Å². The number of fused-ring (bicyclic) bond motifs is 1. The van der Waals surface area contributed by atoms with Crippen molar-refractivity contribution >= 4 is 10.8 Å². The van der Waals surface area contributed by atoms with Gasteiger partial charge in [-0.2, -0.15) is 0 Å². The van der Waals surface area contributed by atoms with Crippen LogP contribution in [0.15, 0.2) is 27.4 Å². The average Bonchev–Trinajstić information content (AvgIpc) is 2.31. The molecule has 0 saturated heterocycles. The minimum atomic E-state index is -0.656. The number of benzene rings is 1. The third kappa shape index (κ3) is 2.22. The van der Waals surface area contributed by atoms with Crippen molar-refractivity contribution in [2.24, 2.45) is 0 Å². The molecular formula is C13H13FO3. The normalized spacial score (nSPS) is 11.0. The van der Waals surface area contributed by atoms with Crippen molar-refractivity contribution in [3.63, 3.8) is 0 Å². The van der Waals surface area contributed by atoms with E-state index in [1.807, 2.05) is 6.92 Å². The highest BCUT2D eigenvalue weighted by Gasteiger charge is 2.10. The van der Waals surface area contributed by atoms with E-state index in [0.717, 1.165) is 5.56 Å². The second-order valence-corrected chi connectivity index (χ2v) is 3.98. The van der Waals surface area contributed by atoms with Crippen LogP contribution in [0.4, 0.5) is 4.39 Å². The SMILES string of the molecule is Cc1ccc(F)c2c(=O)oc(CCCO)cc12. The van der Waals surface area contributed by atoms with Gasteiger partial charge in [0.05, 0.1) is 0 Å². The van der Waals surface area contributed by atoms with E-state index >= 15 is 0 Å². The second-order valence-electron chi connectivity index (χ2n) is 3.98. The van der Waals surface area contributed by atoms with E-state index in [0.29, 0.717) is 24.0 Å². The van der Waals surface area contributed by atoms with Gasteiger partial charge >= 0.3 is 5.63 Å². The molecule has 0 saturated carbocycles. The van der Waals surface area contributed by atoms with Gasteiger partial charge < -0.3 is 9.52 Å². The Balaban J connectivity index is 2.65. The van der Waals surface area contributed by atoms with Gasteiger partial charge in [-0.1, -0.05) is 6.07 Å². The van der Waals surface area contributed by atoms with Crippen LogP contribution in [0.5, 0.6) is 0 Å². The minimum Gasteiger partial charge on any atom is -0.427 e. The molecule has 0 radical (unpaired) electrons. The van der Waals surface area contributed by atoms with Crippen molar-refractivity contribution in [2.45, 2.75) is 19.8 Å². The molecule has 2 rings (SSSR count). The van der Waals surface area contributed by atoms with Gasteiger partial charge in [-0.3, -0.25) is 0 Å². The van der Waals surface area contributed by atoms with E-state index in [1.165, 1.54) is 6.07 Å². The number of aliphatic hydroxyl groups excluding tert-OH is 1. The molecule has 2 aromatic rings. The quantitative estimate of drug-likeness (QED) is 0.888. The maximum Gasteiger partial charge on any atom is 0.346 e. The van der Waals surface area contributed by atoms with Crippen molar-refractivity contribution in [1.29, 1.82) is 0 Å². The number of rotatable bonds is 3. The third-order valence-electron chi connectivity index (χ3n) is 2.73. The summed E-state index contributed by atoms with van der Waals surface area (Å²) < 4.78 is 18.5.